The summed E-state index contributed by atoms with van der Waals surface area (Å²) in [4.78, 5) is 43.2. The Morgan fingerprint density at radius 1 is 1.06 bits per heavy atom. The Labute approximate surface area is 199 Å². The van der Waals surface area contributed by atoms with Gasteiger partial charge in [0.2, 0.25) is 0 Å². The van der Waals surface area contributed by atoms with Crippen molar-refractivity contribution >= 4 is 17.6 Å². The number of amides is 2. The zero-order valence-electron chi connectivity index (χ0n) is 19.5. The van der Waals surface area contributed by atoms with Crippen LogP contribution in [0.2, 0.25) is 0 Å². The number of ketones is 1. The van der Waals surface area contributed by atoms with E-state index in [2.05, 4.69) is 15.6 Å². The third-order valence-corrected chi connectivity index (χ3v) is 6.01. The van der Waals surface area contributed by atoms with Gasteiger partial charge in [-0.2, -0.15) is 0 Å². The van der Waals surface area contributed by atoms with Crippen LogP contribution in [0.4, 0.5) is 0 Å². The Morgan fingerprint density at radius 2 is 1.79 bits per heavy atom. The maximum atomic E-state index is 13.4. The molecule has 0 radical (unpaired) electrons. The number of benzene rings is 2. The van der Waals surface area contributed by atoms with Gasteiger partial charge >= 0.3 is 0 Å². The fraction of sp³-hybridized carbons (Fsp3) is 0.423. The fourth-order valence-electron chi connectivity index (χ4n) is 3.95. The molecule has 2 unspecified atom stereocenters. The van der Waals surface area contributed by atoms with Crippen molar-refractivity contribution < 1.29 is 29.1 Å². The number of aliphatic hydroxyl groups excluding tert-OH is 1. The van der Waals surface area contributed by atoms with E-state index in [4.69, 9.17) is 4.74 Å². The van der Waals surface area contributed by atoms with E-state index in [1.807, 2.05) is 30.3 Å². The molecule has 0 saturated heterocycles. The monoisotopic (exact) mass is 468 g/mol. The number of rotatable bonds is 13. The van der Waals surface area contributed by atoms with Gasteiger partial charge in [0.1, 0.15) is 11.9 Å². The number of aliphatic hydroxyl groups is 1. The summed E-state index contributed by atoms with van der Waals surface area (Å²) >= 11 is 0. The molecule has 1 saturated carbocycles. The molecule has 2 aromatic carbocycles. The van der Waals surface area contributed by atoms with E-state index in [0.717, 1.165) is 18.4 Å². The van der Waals surface area contributed by atoms with Crippen molar-refractivity contribution in [1.29, 1.82) is 0 Å². The molecule has 0 bridgehead atoms. The number of hydroxylamine groups is 1. The summed E-state index contributed by atoms with van der Waals surface area (Å²) in [6, 6.07) is 15.4. The van der Waals surface area contributed by atoms with Crippen LogP contribution < -0.4 is 15.5 Å². The molecule has 2 aromatic rings. The van der Waals surface area contributed by atoms with Crippen molar-refractivity contribution in [2.45, 2.75) is 44.2 Å². The molecular formula is C26H32N2O6. The zero-order chi connectivity index (χ0) is 24.5. The van der Waals surface area contributed by atoms with Gasteiger partial charge in [0.15, 0.2) is 5.78 Å². The van der Waals surface area contributed by atoms with Crippen LogP contribution in [-0.4, -0.2) is 49.1 Å². The van der Waals surface area contributed by atoms with Gasteiger partial charge in [0, 0.05) is 17.9 Å². The summed E-state index contributed by atoms with van der Waals surface area (Å²) in [5, 5.41) is 13.5. The lowest BCUT2D eigenvalue weighted by molar-refractivity contribution is -0.143. The number of methoxy groups -OCH3 is 1. The van der Waals surface area contributed by atoms with E-state index >= 15 is 0 Å². The highest BCUT2D eigenvalue weighted by Crippen LogP contribution is 2.34. The van der Waals surface area contributed by atoms with E-state index in [0.29, 0.717) is 30.1 Å². The van der Waals surface area contributed by atoms with E-state index < -0.39 is 24.0 Å². The standard InChI is InChI=1S/C26H32N2O6/c1-33-21-10-6-9-19(15-21)25(31)27-22(14-18-11-12-18)23(29)16-20(24(30)26(32)28-34-2)13-17-7-4-3-5-8-17/h3-10,15,18,20,22,24,30H,11-14,16H2,1-2H3,(H,27,31)(H,28,32)/t20?,22-,24?/m0/s1. The van der Waals surface area contributed by atoms with Gasteiger partial charge in [0.25, 0.3) is 11.8 Å². The lowest BCUT2D eigenvalue weighted by Crippen LogP contribution is -2.45. The Morgan fingerprint density at radius 3 is 2.44 bits per heavy atom. The topological polar surface area (TPSA) is 114 Å². The molecule has 2 amide bonds. The third-order valence-electron chi connectivity index (χ3n) is 6.01. The Bertz CT molecular complexity index is 976. The zero-order valence-corrected chi connectivity index (χ0v) is 19.5. The maximum absolute atomic E-state index is 13.4. The number of hydrogen-bond acceptors (Lipinski definition) is 6. The van der Waals surface area contributed by atoms with E-state index in [9.17, 15) is 19.5 Å². The van der Waals surface area contributed by atoms with Gasteiger partial charge in [-0.05, 0) is 42.5 Å². The first-order valence-electron chi connectivity index (χ1n) is 11.4. The Hall–Kier alpha value is -3.23. The highest BCUT2D eigenvalue weighted by atomic mass is 16.6. The molecule has 3 rings (SSSR count). The minimum absolute atomic E-state index is 0.0665. The maximum Gasteiger partial charge on any atom is 0.272 e. The summed E-state index contributed by atoms with van der Waals surface area (Å²) < 4.78 is 5.19. The van der Waals surface area contributed by atoms with Crippen LogP contribution in [0.1, 0.15) is 41.6 Å². The second-order valence-corrected chi connectivity index (χ2v) is 8.67. The van der Waals surface area contributed by atoms with E-state index in [1.54, 1.807) is 24.3 Å². The average molecular weight is 469 g/mol. The SMILES string of the molecule is CONC(=O)C(O)C(CC(=O)[C@H](CC1CC1)NC(=O)c1cccc(OC)c1)Cc1ccccc1. The summed E-state index contributed by atoms with van der Waals surface area (Å²) in [6.07, 6.45) is 1.39. The lowest BCUT2D eigenvalue weighted by atomic mass is 9.86. The van der Waals surface area contributed by atoms with Gasteiger partial charge in [0.05, 0.1) is 20.3 Å². The molecule has 1 aliphatic carbocycles. The molecule has 8 nitrogen and oxygen atoms in total. The van der Waals surface area contributed by atoms with Crippen molar-refractivity contribution in [3.63, 3.8) is 0 Å². The van der Waals surface area contributed by atoms with Gasteiger partial charge in [-0.1, -0.05) is 49.2 Å². The number of ether oxygens (including phenoxy) is 1. The predicted octanol–water partition coefficient (Wildman–Crippen LogP) is 2.45. The fourth-order valence-corrected chi connectivity index (χ4v) is 3.95. The van der Waals surface area contributed by atoms with Crippen LogP contribution in [0.3, 0.4) is 0 Å². The molecule has 0 aromatic heterocycles. The van der Waals surface area contributed by atoms with Crippen molar-refractivity contribution in [2.24, 2.45) is 11.8 Å². The normalized spacial score (nSPS) is 15.6. The molecule has 3 atom stereocenters. The summed E-state index contributed by atoms with van der Waals surface area (Å²) in [5.74, 6) is -1.04. The predicted molar refractivity (Wildman–Crippen MR) is 126 cm³/mol. The number of carbonyl (C=O) groups excluding carboxylic acids is 3. The second-order valence-electron chi connectivity index (χ2n) is 8.67. The summed E-state index contributed by atoms with van der Waals surface area (Å²) in [7, 11) is 2.80. The first-order chi connectivity index (χ1) is 16.4. The van der Waals surface area contributed by atoms with E-state index in [1.165, 1.54) is 14.2 Å². The van der Waals surface area contributed by atoms with Crippen molar-refractivity contribution in [2.75, 3.05) is 14.2 Å². The number of carbonyl (C=O) groups is 3. The quantitative estimate of drug-likeness (QED) is 0.389. The molecule has 1 aliphatic rings. The number of Topliss-reactive ketones (excluding diaryl/α,β-unsaturated/α-hetero) is 1. The second kappa shape index (κ2) is 12.3. The molecule has 8 heteroatoms. The van der Waals surface area contributed by atoms with Gasteiger partial charge in [-0.3, -0.25) is 19.2 Å². The number of hydrogen-bond donors (Lipinski definition) is 3. The smallest absolute Gasteiger partial charge is 0.272 e. The van der Waals surface area contributed by atoms with E-state index in [-0.39, 0.29) is 18.1 Å². The van der Waals surface area contributed by atoms with Crippen LogP contribution in [-0.2, 0) is 20.8 Å². The molecule has 0 spiro atoms. The first-order valence-corrected chi connectivity index (χ1v) is 11.4. The van der Waals surface area contributed by atoms with Gasteiger partial charge < -0.3 is 15.2 Å². The van der Waals surface area contributed by atoms with Gasteiger partial charge in [-0.15, -0.1) is 0 Å². The van der Waals surface area contributed by atoms with Crippen LogP contribution in [0.5, 0.6) is 5.75 Å². The Balaban J connectivity index is 1.75. The highest BCUT2D eigenvalue weighted by molar-refractivity contribution is 5.98. The number of nitrogens with one attached hydrogen (secondary N) is 2. The van der Waals surface area contributed by atoms with Crippen molar-refractivity contribution in [3.05, 3.63) is 65.7 Å². The third kappa shape index (κ3) is 7.40. The van der Waals surface area contributed by atoms with Crippen molar-refractivity contribution in [1.82, 2.24) is 10.8 Å². The molecule has 34 heavy (non-hydrogen) atoms. The first kappa shape index (κ1) is 25.4. The molecule has 3 N–H and O–H groups in total. The molecule has 1 fully saturated rings. The van der Waals surface area contributed by atoms with Crippen LogP contribution in [0, 0.1) is 11.8 Å². The largest absolute Gasteiger partial charge is 0.497 e. The molecule has 0 heterocycles. The van der Waals surface area contributed by atoms with Gasteiger partial charge in [-0.25, -0.2) is 5.48 Å². The average Bonchev–Trinajstić information content (AvgIpc) is 3.67. The van der Waals surface area contributed by atoms with Crippen LogP contribution in [0.25, 0.3) is 0 Å². The van der Waals surface area contributed by atoms with Crippen molar-refractivity contribution in [3.8, 4) is 5.75 Å². The molecular weight excluding hydrogens is 436 g/mol. The Kier molecular flexibility index (Phi) is 9.18. The molecule has 182 valence electrons. The summed E-state index contributed by atoms with van der Waals surface area (Å²) in [5.41, 5.74) is 3.43. The minimum Gasteiger partial charge on any atom is -0.497 e. The van der Waals surface area contributed by atoms with Crippen LogP contribution >= 0.6 is 0 Å². The van der Waals surface area contributed by atoms with Crippen LogP contribution in [0.15, 0.2) is 54.6 Å². The minimum atomic E-state index is -1.44. The lowest BCUT2D eigenvalue weighted by Gasteiger charge is -2.24. The summed E-state index contributed by atoms with van der Waals surface area (Å²) in [6.45, 7) is 0. The molecule has 0 aliphatic heterocycles. The highest BCUT2D eigenvalue weighted by Gasteiger charge is 2.34.